The minimum absolute atomic E-state index is 0.617. The third-order valence-corrected chi connectivity index (χ3v) is 3.94. The zero-order valence-electron chi connectivity index (χ0n) is 13.2. The zero-order chi connectivity index (χ0) is 14.5. The summed E-state index contributed by atoms with van der Waals surface area (Å²) in [6.07, 6.45) is 4.51. The van der Waals surface area contributed by atoms with Gasteiger partial charge in [-0.1, -0.05) is 6.92 Å². The maximum Gasteiger partial charge on any atom is 0.134 e. The second-order valence-electron chi connectivity index (χ2n) is 5.73. The lowest BCUT2D eigenvalue weighted by Crippen LogP contribution is -2.45. The third-order valence-electron chi connectivity index (χ3n) is 3.94. The molecule has 1 aliphatic heterocycles. The van der Waals surface area contributed by atoms with Gasteiger partial charge in [0.15, 0.2) is 0 Å². The molecule has 5 heteroatoms. The van der Waals surface area contributed by atoms with E-state index in [2.05, 4.69) is 47.2 Å². The Morgan fingerprint density at radius 2 is 2.20 bits per heavy atom. The molecule has 0 amide bonds. The topological polar surface area (TPSA) is 44.3 Å². The number of anilines is 2. The van der Waals surface area contributed by atoms with Crippen molar-refractivity contribution in [2.75, 3.05) is 44.4 Å². The fourth-order valence-electron chi connectivity index (χ4n) is 2.69. The molecule has 0 bridgehead atoms. The second kappa shape index (κ2) is 6.88. The molecule has 5 nitrogen and oxygen atoms in total. The van der Waals surface area contributed by atoms with Gasteiger partial charge < -0.3 is 15.1 Å². The van der Waals surface area contributed by atoms with E-state index in [0.717, 1.165) is 43.4 Å². The van der Waals surface area contributed by atoms with Gasteiger partial charge in [0.2, 0.25) is 0 Å². The molecule has 0 saturated carbocycles. The van der Waals surface area contributed by atoms with Gasteiger partial charge >= 0.3 is 0 Å². The van der Waals surface area contributed by atoms with E-state index in [9.17, 15) is 0 Å². The molecular weight excluding hydrogens is 250 g/mol. The van der Waals surface area contributed by atoms with Crippen molar-refractivity contribution in [3.8, 4) is 0 Å². The molecule has 1 aromatic heterocycles. The van der Waals surface area contributed by atoms with Gasteiger partial charge in [0.25, 0.3) is 0 Å². The van der Waals surface area contributed by atoms with Crippen LogP contribution in [0, 0.1) is 0 Å². The van der Waals surface area contributed by atoms with Gasteiger partial charge in [0, 0.05) is 38.7 Å². The summed E-state index contributed by atoms with van der Waals surface area (Å²) < 4.78 is 0. The van der Waals surface area contributed by atoms with Gasteiger partial charge in [-0.25, -0.2) is 9.97 Å². The zero-order valence-corrected chi connectivity index (χ0v) is 13.2. The van der Waals surface area contributed by atoms with E-state index in [1.165, 1.54) is 12.8 Å². The van der Waals surface area contributed by atoms with Crippen molar-refractivity contribution in [1.82, 2.24) is 14.9 Å². The van der Waals surface area contributed by atoms with Crippen LogP contribution in [-0.4, -0.2) is 55.1 Å². The van der Waals surface area contributed by atoms with Gasteiger partial charge in [-0.15, -0.1) is 0 Å². The standard InChI is InChI=1S/C15H27N5/c1-5-7-13-17-14(16-2)10-15(18-13)20-9-6-8-12(11-20)19(3)4/h10,12H,5-9,11H2,1-4H3,(H,16,17,18). The van der Waals surface area contributed by atoms with Gasteiger partial charge in [-0.05, 0) is 33.4 Å². The number of rotatable bonds is 5. The minimum Gasteiger partial charge on any atom is -0.373 e. The lowest BCUT2D eigenvalue weighted by Gasteiger charge is -2.37. The van der Waals surface area contributed by atoms with Crippen LogP contribution in [0.15, 0.2) is 6.07 Å². The monoisotopic (exact) mass is 277 g/mol. The molecule has 0 spiro atoms. The predicted molar refractivity (Wildman–Crippen MR) is 84.5 cm³/mol. The lowest BCUT2D eigenvalue weighted by molar-refractivity contribution is 0.257. The van der Waals surface area contributed by atoms with Crippen LogP contribution in [0.4, 0.5) is 11.6 Å². The van der Waals surface area contributed by atoms with E-state index in [1.54, 1.807) is 0 Å². The first-order chi connectivity index (χ1) is 9.63. The highest BCUT2D eigenvalue weighted by atomic mass is 15.2. The molecule has 1 aliphatic rings. The van der Waals surface area contributed by atoms with Crippen molar-refractivity contribution in [3.05, 3.63) is 11.9 Å². The number of hydrogen-bond donors (Lipinski definition) is 1. The first-order valence-corrected chi connectivity index (χ1v) is 7.61. The summed E-state index contributed by atoms with van der Waals surface area (Å²) in [4.78, 5) is 14.0. The molecule has 1 aromatic rings. The van der Waals surface area contributed by atoms with Gasteiger partial charge in [0.1, 0.15) is 17.5 Å². The van der Waals surface area contributed by atoms with E-state index < -0.39 is 0 Å². The molecule has 1 unspecified atom stereocenters. The van der Waals surface area contributed by atoms with Crippen molar-refractivity contribution < 1.29 is 0 Å². The Morgan fingerprint density at radius 1 is 1.40 bits per heavy atom. The molecule has 1 N–H and O–H groups in total. The van der Waals surface area contributed by atoms with Crippen LogP contribution in [-0.2, 0) is 6.42 Å². The average Bonchev–Trinajstić information content (AvgIpc) is 2.47. The van der Waals surface area contributed by atoms with Crippen LogP contribution < -0.4 is 10.2 Å². The Hall–Kier alpha value is -1.36. The Labute approximate surface area is 122 Å². The number of aromatic nitrogens is 2. The Bertz CT molecular complexity index is 432. The molecule has 2 heterocycles. The SMILES string of the molecule is CCCc1nc(NC)cc(N2CCCC(N(C)C)C2)n1. The van der Waals surface area contributed by atoms with Gasteiger partial charge in [0.05, 0.1) is 0 Å². The Balaban J connectivity index is 2.19. The van der Waals surface area contributed by atoms with E-state index >= 15 is 0 Å². The Morgan fingerprint density at radius 3 is 2.85 bits per heavy atom. The van der Waals surface area contributed by atoms with Crippen LogP contribution in [0.25, 0.3) is 0 Å². The quantitative estimate of drug-likeness (QED) is 0.892. The molecule has 1 fully saturated rings. The molecule has 0 radical (unpaired) electrons. The van der Waals surface area contributed by atoms with Crippen molar-refractivity contribution in [2.45, 2.75) is 38.6 Å². The lowest BCUT2D eigenvalue weighted by atomic mass is 10.1. The summed E-state index contributed by atoms with van der Waals surface area (Å²) in [6, 6.07) is 2.68. The first-order valence-electron chi connectivity index (χ1n) is 7.61. The minimum atomic E-state index is 0.617. The molecule has 0 aliphatic carbocycles. The number of piperidine rings is 1. The molecule has 1 saturated heterocycles. The van der Waals surface area contributed by atoms with Gasteiger partial charge in [-0.2, -0.15) is 0 Å². The normalized spacial score (nSPS) is 19.4. The summed E-state index contributed by atoms with van der Waals surface area (Å²) in [5, 5.41) is 3.15. The van der Waals surface area contributed by atoms with Crippen molar-refractivity contribution in [1.29, 1.82) is 0 Å². The molecular formula is C15H27N5. The number of nitrogens with zero attached hydrogens (tertiary/aromatic N) is 4. The van der Waals surface area contributed by atoms with Gasteiger partial charge in [-0.3, -0.25) is 0 Å². The molecule has 20 heavy (non-hydrogen) atoms. The fraction of sp³-hybridized carbons (Fsp3) is 0.733. The fourth-order valence-corrected chi connectivity index (χ4v) is 2.69. The first kappa shape index (κ1) is 15.0. The van der Waals surface area contributed by atoms with Crippen molar-refractivity contribution >= 4 is 11.6 Å². The van der Waals surface area contributed by atoms with Crippen LogP contribution in [0.2, 0.25) is 0 Å². The number of hydrogen-bond acceptors (Lipinski definition) is 5. The summed E-state index contributed by atoms with van der Waals surface area (Å²) in [5.74, 6) is 2.94. The van der Waals surface area contributed by atoms with Crippen LogP contribution in [0.1, 0.15) is 32.0 Å². The highest BCUT2D eigenvalue weighted by molar-refractivity contribution is 5.49. The third kappa shape index (κ3) is 3.60. The maximum absolute atomic E-state index is 4.74. The van der Waals surface area contributed by atoms with Crippen LogP contribution >= 0.6 is 0 Å². The Kier molecular flexibility index (Phi) is 5.17. The average molecular weight is 277 g/mol. The largest absolute Gasteiger partial charge is 0.373 e. The molecule has 112 valence electrons. The van der Waals surface area contributed by atoms with E-state index in [4.69, 9.17) is 4.98 Å². The van der Waals surface area contributed by atoms with Crippen molar-refractivity contribution in [3.63, 3.8) is 0 Å². The summed E-state index contributed by atoms with van der Waals surface area (Å²) >= 11 is 0. The predicted octanol–water partition coefficient (Wildman–Crippen LogP) is 2.00. The smallest absolute Gasteiger partial charge is 0.134 e. The highest BCUT2D eigenvalue weighted by Gasteiger charge is 2.23. The van der Waals surface area contributed by atoms with Crippen LogP contribution in [0.5, 0.6) is 0 Å². The van der Waals surface area contributed by atoms with Crippen LogP contribution in [0.3, 0.4) is 0 Å². The molecule has 2 rings (SSSR count). The number of nitrogens with one attached hydrogen (secondary N) is 1. The second-order valence-corrected chi connectivity index (χ2v) is 5.73. The number of aryl methyl sites for hydroxylation is 1. The summed E-state index contributed by atoms with van der Waals surface area (Å²) in [6.45, 7) is 4.31. The maximum atomic E-state index is 4.74. The highest BCUT2D eigenvalue weighted by Crippen LogP contribution is 2.22. The molecule has 0 aromatic carbocycles. The van der Waals surface area contributed by atoms with E-state index in [1.807, 2.05) is 7.05 Å². The van der Waals surface area contributed by atoms with Crippen molar-refractivity contribution in [2.24, 2.45) is 0 Å². The summed E-state index contributed by atoms with van der Waals surface area (Å²) in [5.41, 5.74) is 0. The van der Waals surface area contributed by atoms with E-state index in [0.29, 0.717) is 6.04 Å². The molecule has 1 atom stereocenters. The number of likely N-dealkylation sites (N-methyl/N-ethyl adjacent to an activating group) is 1. The van der Waals surface area contributed by atoms with E-state index in [-0.39, 0.29) is 0 Å². The summed E-state index contributed by atoms with van der Waals surface area (Å²) in [7, 11) is 6.24.